The molecule has 1 aliphatic heterocycles. The fourth-order valence-corrected chi connectivity index (χ4v) is 4.63. The van der Waals surface area contributed by atoms with Crippen LogP contribution in [0, 0.1) is 12.7 Å². The zero-order valence-electron chi connectivity index (χ0n) is 18.0. The first-order chi connectivity index (χ1) is 15.8. The van der Waals surface area contributed by atoms with Crippen molar-refractivity contribution in [2.24, 2.45) is 0 Å². The van der Waals surface area contributed by atoms with E-state index < -0.39 is 18.1 Å². The van der Waals surface area contributed by atoms with Crippen LogP contribution in [0.5, 0.6) is 0 Å². The Balaban J connectivity index is 1.60. The number of nitrogens with zero attached hydrogens (tertiary/aromatic N) is 4. The zero-order chi connectivity index (χ0) is 23.5. The van der Waals surface area contributed by atoms with Crippen LogP contribution in [0.15, 0.2) is 46.9 Å². The number of carbonyl (C=O) groups is 1. The summed E-state index contributed by atoms with van der Waals surface area (Å²) >= 11 is 0. The number of aryl methyl sites for hydroxylation is 1. The van der Waals surface area contributed by atoms with Gasteiger partial charge in [0.15, 0.2) is 0 Å². The first kappa shape index (κ1) is 23.0. The first-order valence-corrected chi connectivity index (χ1v) is 12.1. The smallest absolute Gasteiger partial charge is 0.324 e. The van der Waals surface area contributed by atoms with E-state index in [0.717, 1.165) is 23.1 Å². The average molecular weight is 477 g/mol. The molecule has 33 heavy (non-hydrogen) atoms. The molecule has 2 amide bonds. The van der Waals surface area contributed by atoms with E-state index in [0.29, 0.717) is 18.8 Å². The van der Waals surface area contributed by atoms with Crippen LogP contribution >= 0.6 is 10.5 Å². The van der Waals surface area contributed by atoms with Crippen molar-refractivity contribution in [2.45, 2.75) is 19.9 Å². The standard InChI is InChI=1S/C23H23F3N4O2S/c1-15-3-7-18(8-4-15)30(23(31)29-9-11-33(2)12-10-29)14-17-6-5-16(13-19(17)24)21-27-28-22(32-21)20(25)26/h3-8,13,20H,2,9-12,14H2,1H3. The van der Waals surface area contributed by atoms with Gasteiger partial charge in [0.1, 0.15) is 5.82 Å². The normalized spacial score (nSPS) is 14.6. The molecular weight excluding hydrogens is 453 g/mol. The van der Waals surface area contributed by atoms with Crippen molar-refractivity contribution in [3.05, 3.63) is 65.3 Å². The average Bonchev–Trinajstić information content (AvgIpc) is 3.30. The fraction of sp³-hybridized carbons (Fsp3) is 0.304. The molecule has 1 fully saturated rings. The lowest BCUT2D eigenvalue weighted by Gasteiger charge is -2.34. The summed E-state index contributed by atoms with van der Waals surface area (Å²) in [5.74, 6) is 4.17. The number of anilines is 1. The number of carbonyl (C=O) groups excluding carboxylic acids is 1. The quantitative estimate of drug-likeness (QED) is 0.471. The van der Waals surface area contributed by atoms with E-state index >= 15 is 4.39 Å². The van der Waals surface area contributed by atoms with Crippen LogP contribution in [0.1, 0.15) is 23.4 Å². The number of alkyl halides is 2. The molecule has 0 spiro atoms. The second-order valence-electron chi connectivity index (χ2n) is 7.76. The van der Waals surface area contributed by atoms with Gasteiger partial charge in [-0.05, 0) is 31.2 Å². The van der Waals surface area contributed by atoms with Crippen LogP contribution in [-0.2, 0) is 6.54 Å². The molecule has 0 atom stereocenters. The predicted molar refractivity (Wildman–Crippen MR) is 123 cm³/mol. The van der Waals surface area contributed by atoms with Gasteiger partial charge >= 0.3 is 12.5 Å². The van der Waals surface area contributed by atoms with Gasteiger partial charge in [-0.25, -0.2) is 9.18 Å². The summed E-state index contributed by atoms with van der Waals surface area (Å²) in [6.45, 7) is 3.18. The van der Waals surface area contributed by atoms with Gasteiger partial charge in [0.05, 0.1) is 6.54 Å². The maximum absolute atomic E-state index is 15.0. The number of benzene rings is 2. The van der Waals surface area contributed by atoms with Gasteiger partial charge in [0.2, 0.25) is 5.89 Å². The number of hydrogen-bond acceptors (Lipinski definition) is 4. The van der Waals surface area contributed by atoms with Crippen LogP contribution in [0.2, 0.25) is 0 Å². The molecule has 1 saturated heterocycles. The molecule has 2 aromatic carbocycles. The Hall–Kier alpha value is -3.14. The van der Waals surface area contributed by atoms with Crippen molar-refractivity contribution in [3.63, 3.8) is 0 Å². The summed E-state index contributed by atoms with van der Waals surface area (Å²) in [5.41, 5.74) is 2.16. The number of aromatic nitrogens is 2. The van der Waals surface area contributed by atoms with Crippen molar-refractivity contribution in [3.8, 4) is 11.5 Å². The monoisotopic (exact) mass is 476 g/mol. The number of halogens is 3. The Morgan fingerprint density at radius 2 is 1.88 bits per heavy atom. The minimum Gasteiger partial charge on any atom is -0.415 e. The molecule has 0 saturated carbocycles. The highest BCUT2D eigenvalue weighted by molar-refractivity contribution is 8.14. The van der Waals surface area contributed by atoms with Crippen LogP contribution in [0.25, 0.3) is 11.5 Å². The van der Waals surface area contributed by atoms with Crippen LogP contribution < -0.4 is 4.90 Å². The van der Waals surface area contributed by atoms with E-state index in [-0.39, 0.29) is 40.1 Å². The highest BCUT2D eigenvalue weighted by atomic mass is 32.2. The molecule has 10 heteroatoms. The molecule has 6 nitrogen and oxygen atoms in total. The van der Waals surface area contributed by atoms with Gasteiger partial charge in [-0.3, -0.25) is 4.90 Å². The molecule has 2 heterocycles. The summed E-state index contributed by atoms with van der Waals surface area (Å²) in [6, 6.07) is 11.4. The van der Waals surface area contributed by atoms with Gasteiger partial charge in [-0.1, -0.05) is 29.6 Å². The Labute approximate surface area is 191 Å². The van der Waals surface area contributed by atoms with Crippen molar-refractivity contribution in [1.29, 1.82) is 0 Å². The lowest BCUT2D eigenvalue weighted by atomic mass is 10.1. The topological polar surface area (TPSA) is 62.5 Å². The lowest BCUT2D eigenvalue weighted by molar-refractivity contribution is 0.116. The summed E-state index contributed by atoms with van der Waals surface area (Å²) in [7, 11) is 0.0586. The van der Waals surface area contributed by atoms with Gasteiger partial charge in [-0.15, -0.1) is 10.2 Å². The lowest BCUT2D eigenvalue weighted by Crippen LogP contribution is -2.47. The molecule has 0 aliphatic carbocycles. The molecule has 1 aromatic heterocycles. The molecular formula is C23H23F3N4O2S. The number of rotatable bonds is 5. The summed E-state index contributed by atoms with van der Waals surface area (Å²) in [6.07, 6.45) is -2.90. The zero-order valence-corrected chi connectivity index (χ0v) is 18.8. The number of hydrogen-bond donors (Lipinski definition) is 0. The van der Waals surface area contributed by atoms with Gasteiger partial charge in [0.25, 0.3) is 5.89 Å². The predicted octanol–water partition coefficient (Wildman–Crippen LogP) is 5.26. The van der Waals surface area contributed by atoms with Crippen molar-refractivity contribution in [1.82, 2.24) is 15.1 Å². The molecule has 1 aliphatic rings. The third-order valence-corrected chi connectivity index (χ3v) is 6.92. The van der Waals surface area contributed by atoms with E-state index in [4.69, 9.17) is 4.42 Å². The van der Waals surface area contributed by atoms with Crippen LogP contribution in [-0.4, -0.2) is 51.6 Å². The molecule has 174 valence electrons. The molecule has 0 radical (unpaired) electrons. The van der Waals surface area contributed by atoms with Crippen molar-refractivity contribution >= 4 is 28.1 Å². The molecule has 0 unspecified atom stereocenters. The second kappa shape index (κ2) is 9.78. The number of urea groups is 1. The molecule has 4 rings (SSSR count). The third kappa shape index (κ3) is 5.27. The minimum atomic E-state index is -2.90. The van der Waals surface area contributed by atoms with E-state index in [1.54, 1.807) is 9.80 Å². The summed E-state index contributed by atoms with van der Waals surface area (Å²) in [4.78, 5) is 16.7. The largest absolute Gasteiger partial charge is 0.415 e. The van der Waals surface area contributed by atoms with E-state index in [2.05, 4.69) is 16.1 Å². The van der Waals surface area contributed by atoms with Gasteiger partial charge < -0.3 is 9.32 Å². The minimum absolute atomic E-state index is 0.00666. The Morgan fingerprint density at radius 3 is 2.48 bits per heavy atom. The van der Waals surface area contributed by atoms with Crippen molar-refractivity contribution < 1.29 is 22.4 Å². The molecule has 0 bridgehead atoms. The Morgan fingerprint density at radius 1 is 1.18 bits per heavy atom. The highest BCUT2D eigenvalue weighted by Gasteiger charge is 2.26. The third-order valence-electron chi connectivity index (χ3n) is 5.40. The van der Waals surface area contributed by atoms with Crippen LogP contribution in [0.3, 0.4) is 0 Å². The van der Waals surface area contributed by atoms with Gasteiger partial charge in [0, 0.05) is 41.4 Å². The van der Waals surface area contributed by atoms with E-state index in [1.165, 1.54) is 12.1 Å². The highest BCUT2D eigenvalue weighted by Crippen LogP contribution is 2.27. The second-order valence-corrected chi connectivity index (χ2v) is 9.81. The maximum Gasteiger partial charge on any atom is 0.324 e. The molecule has 0 N–H and O–H groups in total. The van der Waals surface area contributed by atoms with Crippen LogP contribution in [0.4, 0.5) is 23.7 Å². The van der Waals surface area contributed by atoms with Crippen molar-refractivity contribution in [2.75, 3.05) is 29.5 Å². The van der Waals surface area contributed by atoms with Gasteiger partial charge in [-0.2, -0.15) is 19.3 Å². The summed E-state index contributed by atoms with van der Waals surface area (Å²) < 4.78 is 45.3. The Kier molecular flexibility index (Phi) is 6.83. The SMILES string of the molecule is C=S1CCN(C(=O)N(Cc2ccc(-c3nnc(C(F)F)o3)cc2F)c2ccc(C)cc2)CC1. The van der Waals surface area contributed by atoms with E-state index in [1.807, 2.05) is 31.2 Å². The first-order valence-electron chi connectivity index (χ1n) is 10.3. The maximum atomic E-state index is 15.0. The molecule has 3 aromatic rings. The summed E-state index contributed by atoms with van der Waals surface area (Å²) in [5, 5.41) is 6.82. The van der Waals surface area contributed by atoms with E-state index in [9.17, 15) is 13.6 Å². The fourth-order valence-electron chi connectivity index (χ4n) is 3.47. The number of amides is 2. The Bertz CT molecular complexity index is 1160.